The summed E-state index contributed by atoms with van der Waals surface area (Å²) in [6.07, 6.45) is 1.28. The summed E-state index contributed by atoms with van der Waals surface area (Å²) in [5.74, 6) is 0. The Hall–Kier alpha value is 0.370. The predicted molar refractivity (Wildman–Crippen MR) is 88.0 cm³/mol. The van der Waals surface area contributed by atoms with Crippen molar-refractivity contribution in [1.29, 1.82) is 0 Å². The van der Waals surface area contributed by atoms with Gasteiger partial charge >= 0.3 is 0 Å². The van der Waals surface area contributed by atoms with Gasteiger partial charge in [0.05, 0.1) is 10.9 Å². The van der Waals surface area contributed by atoms with Crippen LogP contribution in [0.3, 0.4) is 0 Å². The van der Waals surface area contributed by atoms with Crippen LogP contribution >= 0.6 is 47.8 Å². The number of hydrogen-bond acceptors (Lipinski definition) is 3. The van der Waals surface area contributed by atoms with Crippen LogP contribution in [0.2, 0.25) is 0 Å². The number of benzene rings is 1. The highest BCUT2D eigenvalue weighted by Gasteiger charge is 2.28. The monoisotopic (exact) mass is 474 g/mol. The Morgan fingerprint density at radius 1 is 1.11 bits per heavy atom. The van der Waals surface area contributed by atoms with Crippen LogP contribution in [0, 0.1) is 0 Å². The van der Waals surface area contributed by atoms with Gasteiger partial charge in [0.15, 0.2) is 0 Å². The average molecular weight is 477 g/mol. The second kappa shape index (κ2) is 6.43. The third-order valence-corrected chi connectivity index (χ3v) is 6.52. The predicted octanol–water partition coefficient (Wildman–Crippen LogP) is 3.47. The van der Waals surface area contributed by atoms with Gasteiger partial charge in [0.25, 0.3) is 0 Å². The van der Waals surface area contributed by atoms with Gasteiger partial charge < -0.3 is 5.32 Å². The zero-order chi connectivity index (χ0) is 14.0. The van der Waals surface area contributed by atoms with Crippen molar-refractivity contribution >= 4 is 63.5 Å². The van der Waals surface area contributed by atoms with E-state index in [0.29, 0.717) is 27.5 Å². The number of piperidine rings is 1. The number of nitrogens with one attached hydrogen (secondary N) is 2. The van der Waals surface area contributed by atoms with E-state index in [2.05, 4.69) is 57.8 Å². The zero-order valence-electron chi connectivity index (χ0n) is 9.92. The van der Waals surface area contributed by atoms with E-state index in [4.69, 9.17) is 0 Å². The van der Waals surface area contributed by atoms with Gasteiger partial charge in [-0.1, -0.05) is 15.9 Å². The van der Waals surface area contributed by atoms with Crippen LogP contribution in [0.25, 0.3) is 0 Å². The fourth-order valence-electron chi connectivity index (χ4n) is 1.97. The third-order valence-electron chi connectivity index (χ3n) is 2.98. The average Bonchev–Trinajstić information content (AvgIpc) is 2.35. The SMILES string of the molecule is O=S(=O)(Nc1c(Br)cc(Br)cc1Br)C1CCNCC1. The van der Waals surface area contributed by atoms with E-state index in [1.807, 2.05) is 12.1 Å². The molecule has 1 aromatic rings. The minimum absolute atomic E-state index is 0.337. The molecule has 1 aliphatic heterocycles. The minimum Gasteiger partial charge on any atom is -0.317 e. The van der Waals surface area contributed by atoms with Gasteiger partial charge in [-0.15, -0.1) is 0 Å². The first-order valence-corrected chi connectivity index (χ1v) is 9.69. The van der Waals surface area contributed by atoms with Crippen molar-refractivity contribution in [3.05, 3.63) is 25.6 Å². The Kier molecular flexibility index (Phi) is 5.33. The standard InChI is InChI=1S/C11H13Br3N2O2S/c12-7-5-9(13)11(10(14)6-7)16-19(17,18)8-1-3-15-4-2-8/h5-6,8,15-16H,1-4H2. The van der Waals surface area contributed by atoms with Gasteiger partial charge in [0.2, 0.25) is 10.0 Å². The summed E-state index contributed by atoms with van der Waals surface area (Å²) >= 11 is 10.1. The molecule has 1 fully saturated rings. The van der Waals surface area contributed by atoms with Crippen LogP contribution < -0.4 is 10.0 Å². The number of halogens is 3. The fraction of sp³-hybridized carbons (Fsp3) is 0.455. The third kappa shape index (κ3) is 3.93. The maximum absolute atomic E-state index is 12.4. The molecule has 8 heteroatoms. The number of hydrogen-bond donors (Lipinski definition) is 2. The van der Waals surface area contributed by atoms with Crippen LogP contribution in [-0.2, 0) is 10.0 Å². The Morgan fingerprint density at radius 3 is 2.16 bits per heavy atom. The van der Waals surface area contributed by atoms with Gasteiger partial charge in [-0.2, -0.15) is 0 Å². The molecule has 4 nitrogen and oxygen atoms in total. The Labute approximate surface area is 138 Å². The summed E-state index contributed by atoms with van der Waals surface area (Å²) in [4.78, 5) is 0. The van der Waals surface area contributed by atoms with E-state index in [1.165, 1.54) is 0 Å². The lowest BCUT2D eigenvalue weighted by molar-refractivity contribution is 0.499. The lowest BCUT2D eigenvalue weighted by atomic mass is 10.2. The van der Waals surface area contributed by atoms with Crippen molar-refractivity contribution in [2.75, 3.05) is 17.8 Å². The molecule has 1 aromatic carbocycles. The lowest BCUT2D eigenvalue weighted by Crippen LogP contribution is -2.38. The Balaban J connectivity index is 2.25. The van der Waals surface area contributed by atoms with Gasteiger partial charge in [-0.25, -0.2) is 8.42 Å². The maximum Gasteiger partial charge on any atom is 0.235 e. The summed E-state index contributed by atoms with van der Waals surface area (Å²) < 4.78 is 29.7. The smallest absolute Gasteiger partial charge is 0.235 e. The van der Waals surface area contributed by atoms with Crippen molar-refractivity contribution in [1.82, 2.24) is 5.32 Å². The number of anilines is 1. The fourth-order valence-corrected chi connectivity index (χ4v) is 6.22. The van der Waals surface area contributed by atoms with E-state index >= 15 is 0 Å². The van der Waals surface area contributed by atoms with Gasteiger partial charge in [0, 0.05) is 13.4 Å². The summed E-state index contributed by atoms with van der Waals surface area (Å²) in [5.41, 5.74) is 0.543. The van der Waals surface area contributed by atoms with Gasteiger partial charge in [-0.05, 0) is 69.9 Å². The first-order valence-electron chi connectivity index (χ1n) is 5.77. The largest absolute Gasteiger partial charge is 0.317 e. The van der Waals surface area contributed by atoms with Crippen LogP contribution in [0.5, 0.6) is 0 Å². The Bertz CT molecular complexity index is 548. The van der Waals surface area contributed by atoms with E-state index < -0.39 is 10.0 Å². The van der Waals surface area contributed by atoms with Crippen molar-refractivity contribution in [3.8, 4) is 0 Å². The van der Waals surface area contributed by atoms with Crippen LogP contribution in [0.1, 0.15) is 12.8 Å². The first-order chi connectivity index (χ1) is 8.90. The summed E-state index contributed by atoms with van der Waals surface area (Å²) in [6.45, 7) is 1.49. The molecule has 0 aliphatic carbocycles. The topological polar surface area (TPSA) is 58.2 Å². The second-order valence-corrected chi connectivity index (χ2v) is 8.93. The Morgan fingerprint density at radius 2 is 1.63 bits per heavy atom. The molecule has 0 spiro atoms. The van der Waals surface area contributed by atoms with Crippen LogP contribution in [-0.4, -0.2) is 26.8 Å². The number of rotatable bonds is 3. The molecule has 2 N–H and O–H groups in total. The molecule has 0 radical (unpaired) electrons. The van der Waals surface area contributed by atoms with Crippen LogP contribution in [0.15, 0.2) is 25.6 Å². The zero-order valence-corrected chi connectivity index (χ0v) is 15.5. The maximum atomic E-state index is 12.4. The molecule has 0 atom stereocenters. The highest BCUT2D eigenvalue weighted by molar-refractivity contribution is 9.11. The lowest BCUT2D eigenvalue weighted by Gasteiger charge is -2.24. The number of sulfonamides is 1. The summed E-state index contributed by atoms with van der Waals surface area (Å²) in [6, 6.07) is 3.62. The quantitative estimate of drug-likeness (QED) is 0.702. The summed E-state index contributed by atoms with van der Waals surface area (Å²) in [7, 11) is -3.36. The normalized spacial score (nSPS) is 17.4. The van der Waals surface area contributed by atoms with Gasteiger partial charge in [0.1, 0.15) is 0 Å². The van der Waals surface area contributed by atoms with Gasteiger partial charge in [-0.3, -0.25) is 4.72 Å². The molecule has 0 bridgehead atoms. The van der Waals surface area contributed by atoms with E-state index in [0.717, 1.165) is 17.6 Å². The molecule has 1 aliphatic rings. The molecule has 0 amide bonds. The van der Waals surface area contributed by atoms with E-state index in [1.54, 1.807) is 0 Å². The molecular formula is C11H13Br3N2O2S. The van der Waals surface area contributed by atoms with Crippen molar-refractivity contribution in [2.24, 2.45) is 0 Å². The molecule has 0 saturated carbocycles. The highest BCUT2D eigenvalue weighted by Crippen LogP contribution is 2.35. The molecule has 1 saturated heterocycles. The van der Waals surface area contributed by atoms with Crippen LogP contribution in [0.4, 0.5) is 5.69 Å². The van der Waals surface area contributed by atoms with E-state index in [-0.39, 0.29) is 5.25 Å². The molecule has 19 heavy (non-hydrogen) atoms. The molecule has 2 rings (SSSR count). The second-order valence-electron chi connectivity index (χ2n) is 4.34. The summed E-state index contributed by atoms with van der Waals surface area (Å²) in [5, 5.41) is 2.83. The molecule has 1 heterocycles. The molecule has 106 valence electrons. The van der Waals surface area contributed by atoms with Crippen molar-refractivity contribution in [2.45, 2.75) is 18.1 Å². The van der Waals surface area contributed by atoms with Crippen molar-refractivity contribution in [3.63, 3.8) is 0 Å². The first kappa shape index (κ1) is 15.8. The van der Waals surface area contributed by atoms with Crippen molar-refractivity contribution < 1.29 is 8.42 Å². The minimum atomic E-state index is -3.36. The van der Waals surface area contributed by atoms with E-state index in [9.17, 15) is 8.42 Å². The highest BCUT2D eigenvalue weighted by atomic mass is 79.9. The molecule has 0 aromatic heterocycles. The molecular weight excluding hydrogens is 464 g/mol. The molecule has 0 unspecified atom stereocenters.